The van der Waals surface area contributed by atoms with Crippen molar-refractivity contribution >= 4 is 5.91 Å². The Labute approximate surface area is 119 Å². The summed E-state index contributed by atoms with van der Waals surface area (Å²) in [6.45, 7) is 1.97. The first-order valence-corrected chi connectivity index (χ1v) is 6.60. The average Bonchev–Trinajstić information content (AvgIpc) is 2.87. The maximum absolute atomic E-state index is 11.9. The first-order valence-electron chi connectivity index (χ1n) is 6.60. The molecule has 2 N–H and O–H groups in total. The average molecular weight is 272 g/mol. The second-order valence-electron chi connectivity index (χ2n) is 5.16. The van der Waals surface area contributed by atoms with Crippen molar-refractivity contribution in [1.82, 2.24) is 14.7 Å². The summed E-state index contributed by atoms with van der Waals surface area (Å²) in [5, 5.41) is 4.35. The molecule has 1 aromatic carbocycles. The Morgan fingerprint density at radius 3 is 2.70 bits per heavy atom. The molecule has 5 nitrogen and oxygen atoms in total. The van der Waals surface area contributed by atoms with Crippen LogP contribution in [0.5, 0.6) is 0 Å². The Balaban J connectivity index is 2.35. The van der Waals surface area contributed by atoms with E-state index < -0.39 is 0 Å². The molecule has 0 saturated carbocycles. The van der Waals surface area contributed by atoms with E-state index in [9.17, 15) is 4.79 Å². The molecule has 20 heavy (non-hydrogen) atoms. The van der Waals surface area contributed by atoms with Gasteiger partial charge in [0.05, 0.1) is 5.69 Å². The van der Waals surface area contributed by atoms with Crippen LogP contribution in [0, 0.1) is 0 Å². The van der Waals surface area contributed by atoms with Gasteiger partial charge < -0.3 is 10.6 Å². The van der Waals surface area contributed by atoms with E-state index in [4.69, 9.17) is 5.73 Å². The van der Waals surface area contributed by atoms with Crippen LogP contribution >= 0.6 is 0 Å². The maximum Gasteiger partial charge on any atom is 0.273 e. The van der Waals surface area contributed by atoms with Gasteiger partial charge in [0, 0.05) is 26.3 Å². The highest BCUT2D eigenvalue weighted by Gasteiger charge is 2.13. The predicted molar refractivity (Wildman–Crippen MR) is 78.9 cm³/mol. The fourth-order valence-electron chi connectivity index (χ4n) is 2.06. The van der Waals surface area contributed by atoms with Gasteiger partial charge in [-0.3, -0.25) is 4.79 Å². The van der Waals surface area contributed by atoms with E-state index in [0.717, 1.165) is 17.7 Å². The topological polar surface area (TPSA) is 64.2 Å². The molecular formula is C15H20N4O. The van der Waals surface area contributed by atoms with Crippen LogP contribution in [0.4, 0.5) is 0 Å². The number of hydrogen-bond donors (Lipinski definition) is 1. The van der Waals surface area contributed by atoms with E-state index in [1.165, 1.54) is 4.90 Å². The molecule has 0 aliphatic heterocycles. The van der Waals surface area contributed by atoms with E-state index in [1.54, 1.807) is 31.0 Å². The highest BCUT2D eigenvalue weighted by molar-refractivity contribution is 5.91. The summed E-state index contributed by atoms with van der Waals surface area (Å²) in [5.41, 5.74) is 8.39. The molecule has 1 amide bonds. The first-order chi connectivity index (χ1) is 9.49. The fraction of sp³-hybridized carbons (Fsp3) is 0.333. The largest absolute Gasteiger partial charge is 0.343 e. The zero-order chi connectivity index (χ0) is 14.7. The summed E-state index contributed by atoms with van der Waals surface area (Å²) in [4.78, 5) is 13.4. The quantitative estimate of drug-likeness (QED) is 0.916. The highest BCUT2D eigenvalue weighted by Crippen LogP contribution is 2.16. The molecule has 0 fully saturated rings. The Kier molecular flexibility index (Phi) is 4.20. The molecule has 0 radical (unpaired) electrons. The van der Waals surface area contributed by atoms with Crippen molar-refractivity contribution in [2.45, 2.75) is 19.4 Å². The van der Waals surface area contributed by atoms with E-state index in [0.29, 0.717) is 5.69 Å². The minimum Gasteiger partial charge on any atom is -0.343 e. The SMILES string of the molecule is CC(N)Cc1ccccc1-n1ccc(C(=O)N(C)C)n1. The standard InChI is InChI=1S/C15H20N4O/c1-11(16)10-12-6-4-5-7-14(12)19-9-8-13(17-19)15(20)18(2)3/h4-9,11H,10,16H2,1-3H3. The van der Waals surface area contributed by atoms with E-state index in [-0.39, 0.29) is 11.9 Å². The fourth-order valence-corrected chi connectivity index (χ4v) is 2.06. The third-order valence-electron chi connectivity index (χ3n) is 2.99. The van der Waals surface area contributed by atoms with Crippen LogP contribution in [0.2, 0.25) is 0 Å². The number of nitrogens with two attached hydrogens (primary N) is 1. The zero-order valence-electron chi connectivity index (χ0n) is 12.1. The number of para-hydroxylation sites is 1. The van der Waals surface area contributed by atoms with E-state index >= 15 is 0 Å². The molecule has 1 atom stereocenters. The predicted octanol–water partition coefficient (Wildman–Crippen LogP) is 1.46. The summed E-state index contributed by atoms with van der Waals surface area (Å²) in [6.07, 6.45) is 2.57. The number of carbonyl (C=O) groups is 1. The van der Waals surface area contributed by atoms with E-state index in [1.807, 2.05) is 31.2 Å². The number of benzene rings is 1. The van der Waals surface area contributed by atoms with Gasteiger partial charge in [0.1, 0.15) is 0 Å². The monoisotopic (exact) mass is 272 g/mol. The highest BCUT2D eigenvalue weighted by atomic mass is 16.2. The van der Waals surface area contributed by atoms with E-state index in [2.05, 4.69) is 5.10 Å². The molecule has 0 saturated heterocycles. The summed E-state index contributed by atoms with van der Waals surface area (Å²) in [7, 11) is 3.43. The van der Waals surface area contributed by atoms with Crippen LogP contribution in [-0.2, 0) is 6.42 Å². The maximum atomic E-state index is 11.9. The van der Waals surface area contributed by atoms with Crippen molar-refractivity contribution in [3.63, 3.8) is 0 Å². The van der Waals surface area contributed by atoms with Crippen LogP contribution in [0.3, 0.4) is 0 Å². The smallest absolute Gasteiger partial charge is 0.273 e. The molecule has 106 valence electrons. The first kappa shape index (κ1) is 14.3. The minimum atomic E-state index is -0.103. The lowest BCUT2D eigenvalue weighted by Crippen LogP contribution is -2.22. The molecule has 5 heteroatoms. The molecule has 0 aliphatic carbocycles. The van der Waals surface area contributed by atoms with Crippen molar-refractivity contribution < 1.29 is 4.79 Å². The second kappa shape index (κ2) is 5.88. The van der Waals surface area contributed by atoms with Gasteiger partial charge in [0.25, 0.3) is 5.91 Å². The lowest BCUT2D eigenvalue weighted by molar-refractivity contribution is 0.0821. The zero-order valence-corrected chi connectivity index (χ0v) is 12.1. The summed E-state index contributed by atoms with van der Waals surface area (Å²) >= 11 is 0. The van der Waals surface area contributed by atoms with Gasteiger partial charge in [-0.15, -0.1) is 0 Å². The lowest BCUT2D eigenvalue weighted by Gasteiger charge is -2.11. The Morgan fingerprint density at radius 2 is 2.05 bits per heavy atom. The van der Waals surface area contributed by atoms with Gasteiger partial charge in [-0.05, 0) is 31.0 Å². The molecule has 0 bridgehead atoms. The number of aromatic nitrogens is 2. The number of carbonyl (C=O) groups excluding carboxylic acids is 1. The Bertz CT molecular complexity index is 601. The van der Waals surface area contributed by atoms with Gasteiger partial charge in [-0.2, -0.15) is 5.10 Å². The summed E-state index contributed by atoms with van der Waals surface area (Å²) < 4.78 is 1.73. The number of rotatable bonds is 4. The molecule has 2 aromatic rings. The van der Waals surface area contributed by atoms with Gasteiger partial charge in [0.15, 0.2) is 5.69 Å². The number of nitrogens with zero attached hydrogens (tertiary/aromatic N) is 3. The van der Waals surface area contributed by atoms with Gasteiger partial charge in [-0.1, -0.05) is 18.2 Å². The summed E-state index contributed by atoms with van der Waals surface area (Å²) in [6, 6.07) is 9.76. The van der Waals surface area contributed by atoms with Crippen molar-refractivity contribution in [2.24, 2.45) is 5.73 Å². The normalized spacial score (nSPS) is 12.2. The van der Waals surface area contributed by atoms with Crippen molar-refractivity contribution in [2.75, 3.05) is 14.1 Å². The Morgan fingerprint density at radius 1 is 1.35 bits per heavy atom. The number of hydrogen-bond acceptors (Lipinski definition) is 3. The van der Waals surface area contributed by atoms with Crippen LogP contribution in [0.1, 0.15) is 23.0 Å². The molecule has 2 rings (SSSR count). The van der Waals surface area contributed by atoms with Crippen molar-refractivity contribution in [3.05, 3.63) is 47.8 Å². The van der Waals surface area contributed by atoms with Gasteiger partial charge in [0.2, 0.25) is 0 Å². The van der Waals surface area contributed by atoms with Crippen LogP contribution in [0.15, 0.2) is 36.5 Å². The molecular weight excluding hydrogens is 252 g/mol. The molecule has 0 aliphatic rings. The van der Waals surface area contributed by atoms with Crippen molar-refractivity contribution in [1.29, 1.82) is 0 Å². The molecule has 1 unspecified atom stereocenters. The molecule has 1 heterocycles. The van der Waals surface area contributed by atoms with Gasteiger partial charge in [-0.25, -0.2) is 4.68 Å². The second-order valence-corrected chi connectivity index (χ2v) is 5.16. The summed E-state index contributed by atoms with van der Waals surface area (Å²) in [5.74, 6) is -0.103. The third-order valence-corrected chi connectivity index (χ3v) is 2.99. The number of amides is 1. The van der Waals surface area contributed by atoms with Crippen LogP contribution in [-0.4, -0.2) is 40.7 Å². The minimum absolute atomic E-state index is 0.0783. The molecule has 1 aromatic heterocycles. The van der Waals surface area contributed by atoms with Crippen molar-refractivity contribution in [3.8, 4) is 5.69 Å². The van der Waals surface area contributed by atoms with Gasteiger partial charge >= 0.3 is 0 Å². The Hall–Kier alpha value is -2.14. The molecule has 0 spiro atoms. The lowest BCUT2D eigenvalue weighted by atomic mass is 10.1. The van der Waals surface area contributed by atoms with Crippen LogP contribution in [0.25, 0.3) is 5.69 Å². The third kappa shape index (κ3) is 3.05. The van der Waals surface area contributed by atoms with Crippen LogP contribution < -0.4 is 5.73 Å².